The summed E-state index contributed by atoms with van der Waals surface area (Å²) < 4.78 is 19.4. The fourth-order valence-corrected chi connectivity index (χ4v) is 2.42. The third kappa shape index (κ3) is 2.90. The van der Waals surface area contributed by atoms with Crippen molar-refractivity contribution in [1.29, 1.82) is 0 Å². The Morgan fingerprint density at radius 1 is 1.56 bits per heavy atom. The Bertz CT molecular complexity index is 458. The lowest BCUT2D eigenvalue weighted by Gasteiger charge is -2.34. The molecule has 1 amide bonds. The first-order valence-corrected chi connectivity index (χ1v) is 6.65. The van der Waals surface area contributed by atoms with Gasteiger partial charge in [-0.05, 0) is 47.8 Å². The molecular formula is C13H15BrFNO2. The van der Waals surface area contributed by atoms with Gasteiger partial charge in [0.1, 0.15) is 5.82 Å². The maximum Gasteiger partial charge on any atom is 0.254 e. The number of rotatable bonds is 2. The first kappa shape index (κ1) is 13.5. The second-order valence-corrected chi connectivity index (χ2v) is 5.63. The lowest BCUT2D eigenvalue weighted by molar-refractivity contribution is 0.0271. The van der Waals surface area contributed by atoms with Crippen molar-refractivity contribution in [2.45, 2.75) is 25.3 Å². The molecule has 0 spiro atoms. The van der Waals surface area contributed by atoms with Gasteiger partial charge >= 0.3 is 0 Å². The number of nitrogens with one attached hydrogen (secondary N) is 1. The zero-order valence-electron chi connectivity index (χ0n) is 10.1. The monoisotopic (exact) mass is 315 g/mol. The van der Waals surface area contributed by atoms with Gasteiger partial charge in [0.25, 0.3) is 5.91 Å². The highest BCUT2D eigenvalue weighted by atomic mass is 79.9. The summed E-state index contributed by atoms with van der Waals surface area (Å²) in [4.78, 5) is 12.1. The van der Waals surface area contributed by atoms with Crippen molar-refractivity contribution in [1.82, 2.24) is 5.32 Å². The van der Waals surface area contributed by atoms with E-state index in [9.17, 15) is 9.18 Å². The van der Waals surface area contributed by atoms with Crippen LogP contribution in [0.25, 0.3) is 0 Å². The van der Waals surface area contributed by atoms with Crippen LogP contribution in [0.3, 0.4) is 0 Å². The summed E-state index contributed by atoms with van der Waals surface area (Å²) in [6.07, 6.45) is 1.74. The Labute approximate surface area is 114 Å². The highest BCUT2D eigenvalue weighted by molar-refractivity contribution is 9.10. The van der Waals surface area contributed by atoms with Gasteiger partial charge in [0.15, 0.2) is 0 Å². The Balaban J connectivity index is 2.14. The molecule has 1 fully saturated rings. The second-order valence-electron chi connectivity index (χ2n) is 4.77. The SMILES string of the molecule is CC1(NC(=O)c2cccc(Br)c2F)CCCOC1. The first-order valence-electron chi connectivity index (χ1n) is 5.86. The minimum Gasteiger partial charge on any atom is -0.379 e. The van der Waals surface area contributed by atoms with Gasteiger partial charge < -0.3 is 10.1 Å². The summed E-state index contributed by atoms with van der Waals surface area (Å²) in [5.41, 5.74) is -0.361. The van der Waals surface area contributed by atoms with E-state index in [2.05, 4.69) is 21.2 Å². The van der Waals surface area contributed by atoms with Crippen LogP contribution in [0.2, 0.25) is 0 Å². The summed E-state index contributed by atoms with van der Waals surface area (Å²) in [5.74, 6) is -0.933. The lowest BCUT2D eigenvalue weighted by atomic mass is 9.94. The van der Waals surface area contributed by atoms with Crippen LogP contribution in [-0.4, -0.2) is 24.7 Å². The third-order valence-electron chi connectivity index (χ3n) is 3.05. The van der Waals surface area contributed by atoms with E-state index < -0.39 is 17.3 Å². The van der Waals surface area contributed by atoms with Crippen LogP contribution in [0.15, 0.2) is 22.7 Å². The average molecular weight is 316 g/mol. The maximum atomic E-state index is 13.8. The number of carbonyl (C=O) groups excluding carboxylic acids is 1. The maximum absolute atomic E-state index is 13.8. The Morgan fingerprint density at radius 3 is 3.00 bits per heavy atom. The molecule has 18 heavy (non-hydrogen) atoms. The normalized spacial score (nSPS) is 23.7. The van der Waals surface area contributed by atoms with Crippen molar-refractivity contribution < 1.29 is 13.9 Å². The smallest absolute Gasteiger partial charge is 0.254 e. The standard InChI is InChI=1S/C13H15BrFNO2/c1-13(6-3-7-18-8-13)16-12(17)9-4-2-5-10(14)11(9)15/h2,4-5H,3,6-8H2,1H3,(H,16,17). The van der Waals surface area contributed by atoms with E-state index in [0.717, 1.165) is 19.4 Å². The molecule has 1 aliphatic heterocycles. The van der Waals surface area contributed by atoms with E-state index in [-0.39, 0.29) is 5.56 Å². The molecule has 1 heterocycles. The molecule has 1 N–H and O–H groups in total. The van der Waals surface area contributed by atoms with Crippen molar-refractivity contribution in [2.75, 3.05) is 13.2 Å². The van der Waals surface area contributed by atoms with Crippen molar-refractivity contribution in [3.63, 3.8) is 0 Å². The molecule has 1 saturated heterocycles. The van der Waals surface area contributed by atoms with E-state index in [1.165, 1.54) is 6.07 Å². The van der Waals surface area contributed by atoms with Gasteiger partial charge in [-0.25, -0.2) is 4.39 Å². The molecular weight excluding hydrogens is 301 g/mol. The zero-order valence-corrected chi connectivity index (χ0v) is 11.7. The summed E-state index contributed by atoms with van der Waals surface area (Å²) in [6.45, 7) is 3.10. The Morgan fingerprint density at radius 2 is 2.33 bits per heavy atom. The van der Waals surface area contributed by atoms with Crippen molar-refractivity contribution in [3.05, 3.63) is 34.1 Å². The van der Waals surface area contributed by atoms with E-state index in [1.807, 2.05) is 6.92 Å². The van der Waals surface area contributed by atoms with Crippen molar-refractivity contribution in [2.24, 2.45) is 0 Å². The predicted octanol–water partition coefficient (Wildman–Crippen LogP) is 2.89. The third-order valence-corrected chi connectivity index (χ3v) is 3.66. The molecule has 1 unspecified atom stereocenters. The fourth-order valence-electron chi connectivity index (χ4n) is 2.05. The summed E-state index contributed by atoms with van der Waals surface area (Å²) in [6, 6.07) is 4.68. The number of carbonyl (C=O) groups is 1. The van der Waals surface area contributed by atoms with Crippen LogP contribution in [-0.2, 0) is 4.74 Å². The van der Waals surface area contributed by atoms with E-state index in [0.29, 0.717) is 11.1 Å². The number of benzene rings is 1. The first-order chi connectivity index (χ1) is 8.52. The van der Waals surface area contributed by atoms with Crippen LogP contribution >= 0.6 is 15.9 Å². The Kier molecular flexibility index (Phi) is 4.02. The zero-order chi connectivity index (χ0) is 13.2. The summed E-state index contributed by atoms with van der Waals surface area (Å²) in [7, 11) is 0. The van der Waals surface area contributed by atoms with Crippen LogP contribution in [0, 0.1) is 5.82 Å². The highest BCUT2D eigenvalue weighted by Crippen LogP contribution is 2.22. The van der Waals surface area contributed by atoms with Crippen molar-refractivity contribution in [3.8, 4) is 0 Å². The number of hydrogen-bond acceptors (Lipinski definition) is 2. The molecule has 0 bridgehead atoms. The van der Waals surface area contributed by atoms with Crippen LogP contribution < -0.4 is 5.32 Å². The molecule has 2 rings (SSSR count). The Hall–Kier alpha value is -0.940. The number of hydrogen-bond donors (Lipinski definition) is 1. The molecule has 1 aliphatic rings. The minimum atomic E-state index is -0.532. The molecule has 0 aliphatic carbocycles. The summed E-state index contributed by atoms with van der Waals surface area (Å²) in [5, 5.41) is 2.85. The van der Waals surface area contributed by atoms with E-state index in [1.54, 1.807) is 12.1 Å². The second kappa shape index (κ2) is 5.36. The number of ether oxygens (including phenoxy) is 1. The predicted molar refractivity (Wildman–Crippen MR) is 70.0 cm³/mol. The number of halogens is 2. The van der Waals surface area contributed by atoms with Gasteiger partial charge in [0.2, 0.25) is 0 Å². The van der Waals surface area contributed by atoms with Gasteiger partial charge in [-0.1, -0.05) is 6.07 Å². The molecule has 5 heteroatoms. The summed E-state index contributed by atoms with van der Waals surface area (Å²) >= 11 is 3.07. The lowest BCUT2D eigenvalue weighted by Crippen LogP contribution is -2.51. The van der Waals surface area contributed by atoms with E-state index >= 15 is 0 Å². The molecule has 1 aromatic carbocycles. The van der Waals surface area contributed by atoms with Crippen molar-refractivity contribution >= 4 is 21.8 Å². The van der Waals surface area contributed by atoms with Gasteiger partial charge in [-0.3, -0.25) is 4.79 Å². The highest BCUT2D eigenvalue weighted by Gasteiger charge is 2.30. The van der Waals surface area contributed by atoms with Gasteiger partial charge in [-0.15, -0.1) is 0 Å². The molecule has 1 aromatic rings. The quantitative estimate of drug-likeness (QED) is 0.911. The van der Waals surface area contributed by atoms with E-state index in [4.69, 9.17) is 4.74 Å². The molecule has 98 valence electrons. The molecule has 3 nitrogen and oxygen atoms in total. The number of amides is 1. The molecule has 0 radical (unpaired) electrons. The van der Waals surface area contributed by atoms with Crippen LogP contribution in [0.4, 0.5) is 4.39 Å². The molecule has 0 saturated carbocycles. The van der Waals surface area contributed by atoms with Crippen LogP contribution in [0.1, 0.15) is 30.1 Å². The topological polar surface area (TPSA) is 38.3 Å². The van der Waals surface area contributed by atoms with Gasteiger partial charge in [-0.2, -0.15) is 0 Å². The molecule has 0 aromatic heterocycles. The van der Waals surface area contributed by atoms with Crippen LogP contribution in [0.5, 0.6) is 0 Å². The minimum absolute atomic E-state index is 0.0520. The average Bonchev–Trinajstić information content (AvgIpc) is 2.33. The van der Waals surface area contributed by atoms with Gasteiger partial charge in [0.05, 0.1) is 22.2 Å². The van der Waals surface area contributed by atoms with Gasteiger partial charge in [0, 0.05) is 6.61 Å². The molecule has 1 atom stereocenters. The largest absolute Gasteiger partial charge is 0.379 e. The fraction of sp³-hybridized carbons (Fsp3) is 0.462.